The number of nitriles is 1. The second-order valence-electron chi connectivity index (χ2n) is 5.95. The van der Waals surface area contributed by atoms with Crippen molar-refractivity contribution in [2.24, 2.45) is 0 Å². The van der Waals surface area contributed by atoms with E-state index in [0.29, 0.717) is 25.7 Å². The number of amides is 1. The number of hydrogen-bond acceptors (Lipinski definition) is 4. The quantitative estimate of drug-likeness (QED) is 0.390. The predicted octanol–water partition coefficient (Wildman–Crippen LogP) is 3.52. The van der Waals surface area contributed by atoms with Gasteiger partial charge in [-0.05, 0) is 35.1 Å². The van der Waals surface area contributed by atoms with Gasteiger partial charge in [0.15, 0.2) is 0 Å². The summed E-state index contributed by atoms with van der Waals surface area (Å²) in [5.41, 5.74) is 5.56. The van der Waals surface area contributed by atoms with E-state index in [1.807, 2.05) is 48.5 Å². The van der Waals surface area contributed by atoms with Crippen LogP contribution in [0.2, 0.25) is 0 Å². The Morgan fingerprint density at radius 2 is 1.64 bits per heavy atom. The molecule has 0 radical (unpaired) electrons. The van der Waals surface area contributed by atoms with Gasteiger partial charge in [0, 0.05) is 6.42 Å². The van der Waals surface area contributed by atoms with Gasteiger partial charge in [-0.1, -0.05) is 55.0 Å². The zero-order chi connectivity index (χ0) is 18.1. The Bertz CT molecular complexity index is 718. The highest BCUT2D eigenvalue weighted by molar-refractivity contribution is 5.74. The number of benzene rings is 2. The van der Waals surface area contributed by atoms with Gasteiger partial charge in [-0.15, -0.1) is 0 Å². The highest BCUT2D eigenvalue weighted by atomic mass is 16.5. The first kappa shape index (κ1) is 18.7. The van der Waals surface area contributed by atoms with Crippen LogP contribution < -0.4 is 5.48 Å². The molecule has 1 amide bonds. The highest BCUT2D eigenvalue weighted by Crippen LogP contribution is 2.25. The van der Waals surface area contributed by atoms with Crippen molar-refractivity contribution in [3.8, 4) is 17.2 Å². The standard InChI is InChI=1S/C20H22N2O3/c21-14-13-15-5-7-16(8-6-15)17-9-11-18(12-10-17)19(23)3-1-2-4-20(24)22-25/h5-12,19,23,25H,1-4,13H2,(H,22,24). The summed E-state index contributed by atoms with van der Waals surface area (Å²) >= 11 is 0. The Balaban J connectivity index is 1.90. The van der Waals surface area contributed by atoms with Crippen LogP contribution in [-0.4, -0.2) is 16.2 Å². The number of nitrogens with one attached hydrogen (secondary N) is 1. The van der Waals surface area contributed by atoms with Crippen molar-refractivity contribution in [1.82, 2.24) is 5.48 Å². The highest BCUT2D eigenvalue weighted by Gasteiger charge is 2.08. The molecule has 0 aromatic heterocycles. The van der Waals surface area contributed by atoms with E-state index in [-0.39, 0.29) is 6.42 Å². The smallest absolute Gasteiger partial charge is 0.243 e. The number of hydrogen-bond donors (Lipinski definition) is 3. The van der Waals surface area contributed by atoms with E-state index < -0.39 is 12.0 Å². The first-order chi connectivity index (χ1) is 12.1. The molecule has 0 aliphatic rings. The molecule has 5 heteroatoms. The first-order valence-corrected chi connectivity index (χ1v) is 8.31. The van der Waals surface area contributed by atoms with Gasteiger partial charge >= 0.3 is 0 Å². The van der Waals surface area contributed by atoms with E-state index in [4.69, 9.17) is 10.5 Å². The fourth-order valence-electron chi connectivity index (χ4n) is 2.65. The lowest BCUT2D eigenvalue weighted by Crippen LogP contribution is -2.17. The van der Waals surface area contributed by atoms with Crippen LogP contribution in [0.5, 0.6) is 0 Å². The Labute approximate surface area is 147 Å². The number of nitrogens with zero attached hydrogens (tertiary/aromatic N) is 1. The molecule has 5 nitrogen and oxygen atoms in total. The van der Waals surface area contributed by atoms with E-state index in [9.17, 15) is 9.90 Å². The molecule has 0 saturated carbocycles. The molecule has 130 valence electrons. The van der Waals surface area contributed by atoms with Crippen LogP contribution in [0.25, 0.3) is 11.1 Å². The van der Waals surface area contributed by atoms with Gasteiger partial charge in [-0.2, -0.15) is 5.26 Å². The molecule has 2 rings (SSSR count). The molecule has 1 atom stereocenters. The minimum Gasteiger partial charge on any atom is -0.388 e. The topological polar surface area (TPSA) is 93.3 Å². The molecule has 1 unspecified atom stereocenters. The molecule has 3 N–H and O–H groups in total. The second kappa shape index (κ2) is 9.58. The average Bonchev–Trinajstić information content (AvgIpc) is 2.66. The molecule has 0 saturated heterocycles. The van der Waals surface area contributed by atoms with E-state index in [0.717, 1.165) is 22.3 Å². The summed E-state index contributed by atoms with van der Waals surface area (Å²) in [6, 6.07) is 17.8. The summed E-state index contributed by atoms with van der Waals surface area (Å²) in [5, 5.41) is 27.3. The number of carbonyl (C=O) groups is 1. The number of rotatable bonds is 8. The number of unbranched alkanes of at least 4 members (excludes halogenated alkanes) is 1. The number of aliphatic hydroxyl groups is 1. The summed E-state index contributed by atoms with van der Waals surface area (Å²) in [6.45, 7) is 0. The Morgan fingerprint density at radius 3 is 2.20 bits per heavy atom. The molecule has 0 heterocycles. The zero-order valence-electron chi connectivity index (χ0n) is 14.0. The van der Waals surface area contributed by atoms with Gasteiger partial charge < -0.3 is 5.11 Å². The van der Waals surface area contributed by atoms with E-state index in [1.165, 1.54) is 0 Å². The lowest BCUT2D eigenvalue weighted by molar-refractivity contribution is -0.129. The molecule has 2 aromatic carbocycles. The normalized spacial score (nSPS) is 11.6. The molecule has 25 heavy (non-hydrogen) atoms. The monoisotopic (exact) mass is 338 g/mol. The van der Waals surface area contributed by atoms with Crippen LogP contribution in [0.4, 0.5) is 0 Å². The maximum Gasteiger partial charge on any atom is 0.243 e. The largest absolute Gasteiger partial charge is 0.388 e. The van der Waals surface area contributed by atoms with Crippen molar-refractivity contribution in [2.75, 3.05) is 0 Å². The van der Waals surface area contributed by atoms with Crippen molar-refractivity contribution < 1.29 is 15.1 Å². The fraction of sp³-hybridized carbons (Fsp3) is 0.300. The van der Waals surface area contributed by atoms with Crippen LogP contribution >= 0.6 is 0 Å². The van der Waals surface area contributed by atoms with Gasteiger partial charge in [0.05, 0.1) is 18.6 Å². The molecular weight excluding hydrogens is 316 g/mol. The van der Waals surface area contributed by atoms with Crippen molar-refractivity contribution in [3.63, 3.8) is 0 Å². The molecule has 0 aliphatic heterocycles. The maximum absolute atomic E-state index is 10.9. The van der Waals surface area contributed by atoms with Gasteiger partial charge in [0.25, 0.3) is 0 Å². The van der Waals surface area contributed by atoms with Gasteiger partial charge in [0.2, 0.25) is 5.91 Å². The third kappa shape index (κ3) is 5.71. The van der Waals surface area contributed by atoms with Crippen LogP contribution in [0.15, 0.2) is 48.5 Å². The first-order valence-electron chi connectivity index (χ1n) is 8.31. The lowest BCUT2D eigenvalue weighted by Gasteiger charge is -2.12. The SMILES string of the molecule is N#CCc1ccc(-c2ccc(C(O)CCCCC(=O)NO)cc2)cc1. The third-order valence-electron chi connectivity index (χ3n) is 4.12. The van der Waals surface area contributed by atoms with Gasteiger partial charge in [0.1, 0.15) is 0 Å². The number of hydroxylamine groups is 1. The predicted molar refractivity (Wildman–Crippen MR) is 94.6 cm³/mol. The molecule has 2 aromatic rings. The Hall–Kier alpha value is -2.68. The van der Waals surface area contributed by atoms with Crippen LogP contribution in [0, 0.1) is 11.3 Å². The molecule has 0 aliphatic carbocycles. The van der Waals surface area contributed by atoms with Crippen LogP contribution in [0.1, 0.15) is 42.9 Å². The third-order valence-corrected chi connectivity index (χ3v) is 4.12. The number of aliphatic hydroxyl groups excluding tert-OH is 1. The second-order valence-corrected chi connectivity index (χ2v) is 5.95. The Morgan fingerprint density at radius 1 is 1.04 bits per heavy atom. The van der Waals surface area contributed by atoms with Crippen LogP contribution in [0.3, 0.4) is 0 Å². The molecule has 0 bridgehead atoms. The molecular formula is C20H22N2O3. The zero-order valence-corrected chi connectivity index (χ0v) is 14.0. The Kier molecular flexibility index (Phi) is 7.15. The summed E-state index contributed by atoms with van der Waals surface area (Å²) < 4.78 is 0. The summed E-state index contributed by atoms with van der Waals surface area (Å²) in [7, 11) is 0. The molecule has 0 spiro atoms. The summed E-state index contributed by atoms with van der Waals surface area (Å²) in [5.74, 6) is -0.403. The fourth-order valence-corrected chi connectivity index (χ4v) is 2.65. The van der Waals surface area contributed by atoms with Crippen molar-refractivity contribution in [3.05, 3.63) is 59.7 Å². The maximum atomic E-state index is 10.9. The molecule has 0 fully saturated rings. The van der Waals surface area contributed by atoms with Crippen LogP contribution in [-0.2, 0) is 11.2 Å². The summed E-state index contributed by atoms with van der Waals surface area (Å²) in [4.78, 5) is 10.9. The van der Waals surface area contributed by atoms with Crippen molar-refractivity contribution >= 4 is 5.91 Å². The van der Waals surface area contributed by atoms with Gasteiger partial charge in [-0.3, -0.25) is 10.0 Å². The van der Waals surface area contributed by atoms with Crippen molar-refractivity contribution in [1.29, 1.82) is 5.26 Å². The van der Waals surface area contributed by atoms with Gasteiger partial charge in [-0.25, -0.2) is 5.48 Å². The number of carbonyl (C=O) groups excluding carboxylic acids is 1. The minimum absolute atomic E-state index is 0.254. The average molecular weight is 338 g/mol. The van der Waals surface area contributed by atoms with Crippen molar-refractivity contribution in [2.45, 2.75) is 38.2 Å². The lowest BCUT2D eigenvalue weighted by atomic mass is 9.98. The van der Waals surface area contributed by atoms with E-state index >= 15 is 0 Å². The summed E-state index contributed by atoms with van der Waals surface area (Å²) in [6.07, 6.45) is 1.99. The minimum atomic E-state index is -0.566. The van der Waals surface area contributed by atoms with E-state index in [1.54, 1.807) is 5.48 Å². The van der Waals surface area contributed by atoms with E-state index in [2.05, 4.69) is 6.07 Å².